The van der Waals surface area contributed by atoms with Gasteiger partial charge in [-0.15, -0.1) is 0 Å². The molecule has 0 atom stereocenters. The zero-order chi connectivity index (χ0) is 25.7. The minimum Gasteiger partial charge on any atom is -0.399 e. The molecular weight excluding hydrogens is 446 g/mol. The van der Waals surface area contributed by atoms with E-state index in [4.69, 9.17) is 18.6 Å². The van der Waals surface area contributed by atoms with Crippen LogP contribution in [0.3, 0.4) is 0 Å². The molecule has 4 nitrogen and oxygen atoms in total. The zero-order valence-corrected chi connectivity index (χ0v) is 22.6. The summed E-state index contributed by atoms with van der Waals surface area (Å²) in [5.74, 6) is 0. The van der Waals surface area contributed by atoms with Crippen LogP contribution < -0.4 is 10.9 Å². The van der Waals surface area contributed by atoms with Crippen molar-refractivity contribution in [1.82, 2.24) is 0 Å². The number of hydrogen-bond donors (Lipinski definition) is 0. The van der Waals surface area contributed by atoms with E-state index in [0.29, 0.717) is 0 Å². The van der Waals surface area contributed by atoms with Crippen LogP contribution in [0.4, 0.5) is 0 Å². The summed E-state index contributed by atoms with van der Waals surface area (Å²) in [5, 5.41) is 7.30. The lowest BCUT2D eigenvalue weighted by Crippen LogP contribution is -2.41. The van der Waals surface area contributed by atoms with E-state index in [1.807, 2.05) is 0 Å². The quantitative estimate of drug-likeness (QED) is 0.271. The van der Waals surface area contributed by atoms with Crippen molar-refractivity contribution in [2.75, 3.05) is 0 Å². The molecule has 2 saturated heterocycles. The lowest BCUT2D eigenvalue weighted by atomic mass is 9.77. The standard InChI is InChI=1S/C30H34B2O4/c1-27(2)28(3,4)34-31(33-27)21-11-15-23-19(17-21)9-13-26-24-16-12-22(18-20(24)10-14-25(23)26)32-35-29(5,6)30(7,8)36-32/h9-18H,1-8H3. The highest BCUT2D eigenvalue weighted by Crippen LogP contribution is 2.38. The van der Waals surface area contributed by atoms with Crippen LogP contribution in [-0.2, 0) is 18.6 Å². The van der Waals surface area contributed by atoms with E-state index in [9.17, 15) is 0 Å². The van der Waals surface area contributed by atoms with E-state index in [1.165, 1.54) is 32.3 Å². The van der Waals surface area contributed by atoms with E-state index >= 15 is 0 Å². The third-order valence-corrected chi connectivity index (χ3v) is 8.93. The van der Waals surface area contributed by atoms with E-state index in [2.05, 4.69) is 116 Å². The summed E-state index contributed by atoms with van der Waals surface area (Å²) in [5.41, 5.74) is 0.686. The smallest absolute Gasteiger partial charge is 0.399 e. The second-order valence-corrected chi connectivity index (χ2v) is 12.4. The summed E-state index contributed by atoms with van der Waals surface area (Å²) in [4.78, 5) is 0. The van der Waals surface area contributed by atoms with Crippen molar-refractivity contribution in [2.24, 2.45) is 0 Å². The van der Waals surface area contributed by atoms with Gasteiger partial charge in [0.25, 0.3) is 0 Å². The van der Waals surface area contributed by atoms with Crippen LogP contribution in [0, 0.1) is 0 Å². The summed E-state index contributed by atoms with van der Waals surface area (Å²) in [7, 11) is -0.722. The maximum absolute atomic E-state index is 6.28. The fourth-order valence-electron chi connectivity index (χ4n) is 5.18. The minimum atomic E-state index is -0.361. The number of fused-ring (bicyclic) bond motifs is 5. The van der Waals surface area contributed by atoms with Gasteiger partial charge in [-0.2, -0.15) is 0 Å². The predicted octanol–water partition coefficient (Wildman–Crippen LogP) is 5.74. The molecule has 6 rings (SSSR count). The van der Waals surface area contributed by atoms with Crippen LogP contribution in [0.5, 0.6) is 0 Å². The molecule has 0 amide bonds. The first-order valence-corrected chi connectivity index (χ1v) is 12.9. The molecule has 0 aromatic heterocycles. The number of hydrogen-bond acceptors (Lipinski definition) is 4. The molecule has 6 heteroatoms. The summed E-state index contributed by atoms with van der Waals surface area (Å²) < 4.78 is 25.1. The Kier molecular flexibility index (Phi) is 5.05. The molecule has 0 aliphatic carbocycles. The van der Waals surface area contributed by atoms with Crippen molar-refractivity contribution >= 4 is 57.5 Å². The Balaban J connectivity index is 1.38. The maximum Gasteiger partial charge on any atom is 0.494 e. The van der Waals surface area contributed by atoms with Gasteiger partial charge in [0.05, 0.1) is 22.4 Å². The molecule has 2 fully saturated rings. The Morgan fingerprint density at radius 1 is 0.417 bits per heavy atom. The lowest BCUT2D eigenvalue weighted by Gasteiger charge is -2.32. The average Bonchev–Trinajstić information content (AvgIpc) is 3.17. The monoisotopic (exact) mass is 480 g/mol. The minimum absolute atomic E-state index is 0.353. The Morgan fingerprint density at radius 3 is 1.06 bits per heavy atom. The van der Waals surface area contributed by atoms with Crippen molar-refractivity contribution in [3.05, 3.63) is 60.7 Å². The van der Waals surface area contributed by atoms with Gasteiger partial charge in [0.2, 0.25) is 0 Å². The fraction of sp³-hybridized carbons (Fsp3) is 0.400. The fourth-order valence-corrected chi connectivity index (χ4v) is 5.18. The van der Waals surface area contributed by atoms with Crippen LogP contribution >= 0.6 is 0 Å². The topological polar surface area (TPSA) is 36.9 Å². The first-order chi connectivity index (χ1) is 16.8. The van der Waals surface area contributed by atoms with Gasteiger partial charge in [-0.25, -0.2) is 0 Å². The van der Waals surface area contributed by atoms with E-state index in [0.717, 1.165) is 10.9 Å². The van der Waals surface area contributed by atoms with Gasteiger partial charge in [-0.3, -0.25) is 0 Å². The van der Waals surface area contributed by atoms with E-state index in [-0.39, 0.29) is 36.6 Å². The van der Waals surface area contributed by atoms with E-state index in [1.54, 1.807) is 0 Å². The highest BCUT2D eigenvalue weighted by Gasteiger charge is 2.52. The van der Waals surface area contributed by atoms with Crippen LogP contribution in [0.1, 0.15) is 55.4 Å². The van der Waals surface area contributed by atoms with Crippen LogP contribution in [0.25, 0.3) is 32.3 Å². The van der Waals surface area contributed by atoms with Crippen LogP contribution in [0.2, 0.25) is 0 Å². The van der Waals surface area contributed by atoms with Gasteiger partial charge >= 0.3 is 14.2 Å². The molecule has 0 saturated carbocycles. The SMILES string of the molecule is CC1(C)OB(c2ccc3c(ccc4c5ccc(B6OC(C)(C)C(C)(C)O6)cc5ccc34)c2)OC1(C)C. The van der Waals surface area contributed by atoms with Gasteiger partial charge in [-0.05, 0) is 98.6 Å². The normalized spacial score (nSPS) is 22.2. The van der Waals surface area contributed by atoms with Gasteiger partial charge in [0.1, 0.15) is 0 Å². The second-order valence-electron chi connectivity index (χ2n) is 12.4. The van der Waals surface area contributed by atoms with Crippen molar-refractivity contribution in [3.8, 4) is 0 Å². The van der Waals surface area contributed by atoms with Gasteiger partial charge in [-0.1, -0.05) is 60.7 Å². The van der Waals surface area contributed by atoms with E-state index < -0.39 is 0 Å². The average molecular weight is 480 g/mol. The highest BCUT2D eigenvalue weighted by molar-refractivity contribution is 6.63. The first-order valence-electron chi connectivity index (χ1n) is 12.9. The molecule has 0 bridgehead atoms. The van der Waals surface area contributed by atoms with Gasteiger partial charge < -0.3 is 18.6 Å². The molecule has 0 N–H and O–H groups in total. The molecule has 184 valence electrons. The van der Waals surface area contributed by atoms with Gasteiger partial charge in [0, 0.05) is 0 Å². The Morgan fingerprint density at radius 2 is 0.722 bits per heavy atom. The van der Waals surface area contributed by atoms with Crippen LogP contribution in [0.15, 0.2) is 60.7 Å². The number of benzene rings is 4. The molecule has 0 unspecified atom stereocenters. The summed E-state index contributed by atoms with van der Waals surface area (Å²) in [6.45, 7) is 16.7. The zero-order valence-electron chi connectivity index (χ0n) is 22.6. The molecule has 4 aromatic carbocycles. The molecule has 2 aliphatic heterocycles. The van der Waals surface area contributed by atoms with Crippen molar-refractivity contribution < 1.29 is 18.6 Å². The Labute approximate surface area is 214 Å². The van der Waals surface area contributed by atoms with Crippen LogP contribution in [-0.4, -0.2) is 36.6 Å². The molecule has 0 spiro atoms. The molecule has 0 radical (unpaired) electrons. The second kappa shape index (κ2) is 7.58. The Bertz CT molecular complexity index is 1380. The maximum atomic E-state index is 6.28. The predicted molar refractivity (Wildman–Crippen MR) is 150 cm³/mol. The summed E-state index contributed by atoms with van der Waals surface area (Å²) in [6.07, 6.45) is 0. The summed E-state index contributed by atoms with van der Waals surface area (Å²) >= 11 is 0. The lowest BCUT2D eigenvalue weighted by molar-refractivity contribution is 0.00578. The first kappa shape index (κ1) is 24.0. The highest BCUT2D eigenvalue weighted by atomic mass is 16.7. The molecular formula is C30H34B2O4. The van der Waals surface area contributed by atoms with Crippen molar-refractivity contribution in [1.29, 1.82) is 0 Å². The third-order valence-electron chi connectivity index (χ3n) is 8.93. The summed E-state index contributed by atoms with van der Waals surface area (Å²) in [6, 6.07) is 21.9. The van der Waals surface area contributed by atoms with Gasteiger partial charge in [0.15, 0.2) is 0 Å². The molecule has 2 heterocycles. The molecule has 2 aliphatic rings. The molecule has 36 heavy (non-hydrogen) atoms. The molecule has 4 aromatic rings. The van der Waals surface area contributed by atoms with Crippen molar-refractivity contribution in [2.45, 2.75) is 77.8 Å². The Hall–Kier alpha value is -2.37. The number of rotatable bonds is 2. The third kappa shape index (κ3) is 3.53. The van der Waals surface area contributed by atoms with Crippen molar-refractivity contribution in [3.63, 3.8) is 0 Å². The largest absolute Gasteiger partial charge is 0.494 e.